The normalized spacial score (nSPS) is 12.8. The van der Waals surface area contributed by atoms with Crippen molar-refractivity contribution in [3.63, 3.8) is 0 Å². The first-order valence-corrected chi connectivity index (χ1v) is 6.65. The fourth-order valence-electron chi connectivity index (χ4n) is 1.68. The lowest BCUT2D eigenvalue weighted by Crippen LogP contribution is -2.28. The highest BCUT2D eigenvalue weighted by atomic mass is 16.5. The molecule has 0 amide bonds. The fraction of sp³-hybridized carbons (Fsp3) is 0.714. The van der Waals surface area contributed by atoms with E-state index in [1.54, 1.807) is 13.4 Å². The van der Waals surface area contributed by atoms with Gasteiger partial charge < -0.3 is 19.2 Å². The Bertz CT molecular complexity index is 275. The average Bonchev–Trinajstić information content (AvgIpc) is 2.88. The van der Waals surface area contributed by atoms with Crippen LogP contribution >= 0.6 is 0 Å². The van der Waals surface area contributed by atoms with Gasteiger partial charge in [0.25, 0.3) is 0 Å². The first-order valence-electron chi connectivity index (χ1n) is 6.65. The number of methoxy groups -OCH3 is 1. The van der Waals surface area contributed by atoms with E-state index in [1.165, 1.54) is 0 Å². The highest BCUT2D eigenvalue weighted by molar-refractivity contribution is 4.98. The summed E-state index contributed by atoms with van der Waals surface area (Å²) in [6.45, 7) is 5.35. The molecule has 0 saturated heterocycles. The van der Waals surface area contributed by atoms with E-state index in [9.17, 15) is 0 Å². The molecule has 4 heteroatoms. The summed E-state index contributed by atoms with van der Waals surface area (Å²) in [5.74, 6) is 1.06. The third-order valence-electron chi connectivity index (χ3n) is 2.79. The second-order valence-electron chi connectivity index (χ2n) is 4.43. The number of rotatable bonds is 11. The summed E-state index contributed by atoms with van der Waals surface area (Å²) in [5.41, 5.74) is 0. The van der Waals surface area contributed by atoms with Gasteiger partial charge in [-0.2, -0.15) is 0 Å². The molecule has 104 valence electrons. The van der Waals surface area contributed by atoms with Crippen LogP contribution in [0.4, 0.5) is 0 Å². The molecule has 4 nitrogen and oxygen atoms in total. The van der Waals surface area contributed by atoms with E-state index >= 15 is 0 Å². The van der Waals surface area contributed by atoms with Gasteiger partial charge in [-0.15, -0.1) is 0 Å². The van der Waals surface area contributed by atoms with E-state index < -0.39 is 0 Å². The quantitative estimate of drug-likeness (QED) is 0.616. The Balaban J connectivity index is 1.89. The summed E-state index contributed by atoms with van der Waals surface area (Å²) in [7, 11) is 1.69. The molecule has 1 aromatic rings. The molecule has 0 aliphatic carbocycles. The molecular formula is C14H25NO3. The summed E-state index contributed by atoms with van der Waals surface area (Å²) in [5, 5.41) is 3.48. The Kier molecular flexibility index (Phi) is 8.55. The Labute approximate surface area is 110 Å². The summed E-state index contributed by atoms with van der Waals surface area (Å²) in [6.07, 6.45) is 4.85. The maximum atomic E-state index is 5.39. The second kappa shape index (κ2) is 10.1. The van der Waals surface area contributed by atoms with Crippen molar-refractivity contribution in [2.75, 3.05) is 33.5 Å². The molecule has 0 aliphatic heterocycles. The lowest BCUT2D eigenvalue weighted by molar-refractivity contribution is 0.0692. The molecule has 0 aliphatic rings. The van der Waals surface area contributed by atoms with E-state index in [1.807, 2.05) is 12.1 Å². The van der Waals surface area contributed by atoms with Crippen LogP contribution in [-0.2, 0) is 15.9 Å². The van der Waals surface area contributed by atoms with Crippen molar-refractivity contribution in [3.8, 4) is 0 Å². The van der Waals surface area contributed by atoms with Crippen molar-refractivity contribution >= 4 is 0 Å². The minimum absolute atomic E-state index is 0.508. The number of nitrogens with one attached hydrogen (secondary N) is 1. The molecule has 18 heavy (non-hydrogen) atoms. The van der Waals surface area contributed by atoms with Gasteiger partial charge >= 0.3 is 0 Å². The van der Waals surface area contributed by atoms with Crippen LogP contribution in [0, 0.1) is 0 Å². The van der Waals surface area contributed by atoms with Crippen LogP contribution in [0.25, 0.3) is 0 Å². The van der Waals surface area contributed by atoms with E-state index in [2.05, 4.69) is 12.2 Å². The predicted molar refractivity (Wildman–Crippen MR) is 71.8 cm³/mol. The maximum absolute atomic E-state index is 5.39. The first-order chi connectivity index (χ1) is 8.83. The molecule has 0 aromatic carbocycles. The minimum Gasteiger partial charge on any atom is -0.469 e. The largest absolute Gasteiger partial charge is 0.469 e. The monoisotopic (exact) mass is 255 g/mol. The van der Waals surface area contributed by atoms with Crippen LogP contribution in [0.15, 0.2) is 22.8 Å². The number of hydrogen-bond donors (Lipinski definition) is 1. The minimum atomic E-state index is 0.508. The van der Waals surface area contributed by atoms with Crippen molar-refractivity contribution in [2.24, 2.45) is 0 Å². The topological polar surface area (TPSA) is 43.6 Å². The third kappa shape index (κ3) is 7.48. The second-order valence-corrected chi connectivity index (χ2v) is 4.43. The van der Waals surface area contributed by atoms with Gasteiger partial charge in [-0.3, -0.25) is 0 Å². The molecule has 1 rings (SSSR count). The van der Waals surface area contributed by atoms with Crippen molar-refractivity contribution in [1.29, 1.82) is 0 Å². The van der Waals surface area contributed by atoms with Gasteiger partial charge in [-0.25, -0.2) is 0 Å². The van der Waals surface area contributed by atoms with Crippen LogP contribution in [0.3, 0.4) is 0 Å². The Morgan fingerprint density at radius 1 is 1.33 bits per heavy atom. The summed E-state index contributed by atoms with van der Waals surface area (Å²) in [4.78, 5) is 0. The lowest BCUT2D eigenvalue weighted by atomic mass is 10.1. The summed E-state index contributed by atoms with van der Waals surface area (Å²) < 4.78 is 15.6. The predicted octanol–water partition coefficient (Wildman–Crippen LogP) is 2.24. The van der Waals surface area contributed by atoms with Crippen LogP contribution in [0.1, 0.15) is 25.5 Å². The van der Waals surface area contributed by atoms with Crippen LogP contribution in [-0.4, -0.2) is 39.5 Å². The molecule has 0 radical (unpaired) electrons. The van der Waals surface area contributed by atoms with Crippen LogP contribution in [0.5, 0.6) is 0 Å². The Morgan fingerprint density at radius 2 is 2.22 bits per heavy atom. The molecule has 1 atom stereocenters. The molecule has 0 bridgehead atoms. The van der Waals surface area contributed by atoms with E-state index in [0.29, 0.717) is 19.3 Å². The molecule has 1 N–H and O–H groups in total. The fourth-order valence-corrected chi connectivity index (χ4v) is 1.68. The lowest BCUT2D eigenvalue weighted by Gasteiger charge is -2.12. The van der Waals surface area contributed by atoms with Gasteiger partial charge in [0, 0.05) is 26.2 Å². The molecule has 1 heterocycles. The number of ether oxygens (including phenoxy) is 2. The van der Waals surface area contributed by atoms with Gasteiger partial charge in [-0.05, 0) is 38.4 Å². The summed E-state index contributed by atoms with van der Waals surface area (Å²) >= 11 is 0. The van der Waals surface area contributed by atoms with Gasteiger partial charge in [0.05, 0.1) is 19.5 Å². The van der Waals surface area contributed by atoms with Crippen LogP contribution in [0.2, 0.25) is 0 Å². The van der Waals surface area contributed by atoms with Gasteiger partial charge in [0.15, 0.2) is 0 Å². The van der Waals surface area contributed by atoms with Gasteiger partial charge in [-0.1, -0.05) is 0 Å². The molecule has 1 unspecified atom stereocenters. The first kappa shape index (κ1) is 15.2. The standard InChI is InChI=1S/C14H25NO3/c1-13(6-7-14-5-3-10-18-14)15-8-4-9-17-12-11-16-2/h3,5,10,13,15H,4,6-9,11-12H2,1-2H3. The van der Waals surface area contributed by atoms with E-state index in [-0.39, 0.29) is 0 Å². The molecule has 0 spiro atoms. The van der Waals surface area contributed by atoms with E-state index in [0.717, 1.165) is 38.2 Å². The highest BCUT2D eigenvalue weighted by Crippen LogP contribution is 2.05. The molecule has 1 aromatic heterocycles. The van der Waals surface area contributed by atoms with Crippen molar-refractivity contribution < 1.29 is 13.9 Å². The Hall–Kier alpha value is -0.840. The molecule has 0 saturated carbocycles. The SMILES string of the molecule is COCCOCCCNC(C)CCc1ccco1. The van der Waals surface area contributed by atoms with Gasteiger partial charge in [0.1, 0.15) is 5.76 Å². The van der Waals surface area contributed by atoms with Crippen molar-refractivity contribution in [3.05, 3.63) is 24.2 Å². The molecule has 0 fully saturated rings. The zero-order valence-corrected chi connectivity index (χ0v) is 11.5. The third-order valence-corrected chi connectivity index (χ3v) is 2.79. The zero-order valence-electron chi connectivity index (χ0n) is 11.5. The average molecular weight is 255 g/mol. The van der Waals surface area contributed by atoms with Gasteiger partial charge in [0.2, 0.25) is 0 Å². The van der Waals surface area contributed by atoms with Crippen LogP contribution < -0.4 is 5.32 Å². The van der Waals surface area contributed by atoms with Crippen molar-refractivity contribution in [2.45, 2.75) is 32.2 Å². The van der Waals surface area contributed by atoms with Crippen molar-refractivity contribution in [1.82, 2.24) is 5.32 Å². The zero-order chi connectivity index (χ0) is 13.1. The number of hydrogen-bond acceptors (Lipinski definition) is 4. The Morgan fingerprint density at radius 3 is 2.94 bits per heavy atom. The maximum Gasteiger partial charge on any atom is 0.103 e. The summed E-state index contributed by atoms with van der Waals surface area (Å²) in [6, 6.07) is 4.47. The number of furan rings is 1. The molecular weight excluding hydrogens is 230 g/mol. The highest BCUT2D eigenvalue weighted by Gasteiger charge is 2.03. The van der Waals surface area contributed by atoms with E-state index in [4.69, 9.17) is 13.9 Å². The number of aryl methyl sites for hydroxylation is 1. The smallest absolute Gasteiger partial charge is 0.103 e.